The minimum absolute atomic E-state index is 0.762. The SMILES string of the molecule is Clc1ccc(C2=CS[C]N2)cc1. The van der Waals surface area contributed by atoms with Crippen molar-refractivity contribution in [2.45, 2.75) is 0 Å². The van der Waals surface area contributed by atoms with Crippen molar-refractivity contribution in [3.05, 3.63) is 46.1 Å². The van der Waals surface area contributed by atoms with Crippen molar-refractivity contribution < 1.29 is 0 Å². The Bertz CT molecular complexity index is 305. The zero-order valence-electron chi connectivity index (χ0n) is 6.17. The maximum Gasteiger partial charge on any atom is 0.161 e. The minimum atomic E-state index is 0.762. The van der Waals surface area contributed by atoms with Gasteiger partial charge in [0.2, 0.25) is 0 Å². The van der Waals surface area contributed by atoms with Crippen molar-refractivity contribution in [3.63, 3.8) is 0 Å². The molecular weight excluding hydrogens is 190 g/mol. The second-order valence-corrected chi connectivity index (χ2v) is 3.50. The lowest BCUT2D eigenvalue weighted by Crippen LogP contribution is -2.00. The molecule has 0 fully saturated rings. The molecule has 1 aliphatic rings. The van der Waals surface area contributed by atoms with E-state index in [0.29, 0.717) is 0 Å². The summed E-state index contributed by atoms with van der Waals surface area (Å²) in [6.07, 6.45) is 0. The molecule has 60 valence electrons. The highest BCUT2D eigenvalue weighted by Crippen LogP contribution is 2.25. The number of thioether (sulfide) groups is 1. The lowest BCUT2D eigenvalue weighted by Gasteiger charge is -2.01. The number of rotatable bonds is 1. The van der Waals surface area contributed by atoms with E-state index >= 15 is 0 Å². The summed E-state index contributed by atoms with van der Waals surface area (Å²) < 4.78 is 0. The van der Waals surface area contributed by atoms with E-state index in [4.69, 9.17) is 11.6 Å². The van der Waals surface area contributed by atoms with E-state index in [2.05, 4.69) is 11.2 Å². The highest BCUT2D eigenvalue weighted by Gasteiger charge is 2.06. The molecule has 1 aromatic carbocycles. The maximum absolute atomic E-state index is 5.76. The first-order valence-electron chi connectivity index (χ1n) is 3.49. The second kappa shape index (κ2) is 3.42. The molecule has 0 amide bonds. The fourth-order valence-corrected chi connectivity index (χ4v) is 1.64. The molecule has 0 spiro atoms. The summed E-state index contributed by atoms with van der Waals surface area (Å²) in [5.74, 6) is 2.93. The van der Waals surface area contributed by atoms with Crippen LogP contribution in [0.15, 0.2) is 29.7 Å². The summed E-state index contributed by atoms with van der Waals surface area (Å²) in [5.41, 5.74) is 2.22. The summed E-state index contributed by atoms with van der Waals surface area (Å²) in [4.78, 5) is 0. The van der Waals surface area contributed by atoms with Crippen LogP contribution in [0.2, 0.25) is 5.02 Å². The first-order valence-corrected chi connectivity index (χ1v) is 4.75. The average molecular weight is 196 g/mol. The highest BCUT2D eigenvalue weighted by atomic mass is 35.5. The van der Waals surface area contributed by atoms with Gasteiger partial charge in [-0.3, -0.25) is 0 Å². The van der Waals surface area contributed by atoms with Crippen LogP contribution in [-0.2, 0) is 0 Å². The molecule has 0 bridgehead atoms. The van der Waals surface area contributed by atoms with Crippen molar-refractivity contribution in [2.24, 2.45) is 0 Å². The zero-order chi connectivity index (χ0) is 8.39. The average Bonchev–Trinajstić information content (AvgIpc) is 2.58. The van der Waals surface area contributed by atoms with Crippen LogP contribution in [0.25, 0.3) is 5.70 Å². The molecule has 0 unspecified atom stereocenters. The molecule has 1 aromatic rings. The second-order valence-electron chi connectivity index (χ2n) is 2.38. The summed E-state index contributed by atoms with van der Waals surface area (Å²) in [6.45, 7) is 0. The van der Waals surface area contributed by atoms with Gasteiger partial charge in [0, 0.05) is 10.7 Å². The molecule has 1 heterocycles. The van der Waals surface area contributed by atoms with Crippen LogP contribution in [0.3, 0.4) is 0 Å². The Morgan fingerprint density at radius 2 is 2.00 bits per heavy atom. The molecule has 0 saturated heterocycles. The van der Waals surface area contributed by atoms with Gasteiger partial charge >= 0.3 is 0 Å². The number of benzene rings is 1. The summed E-state index contributed by atoms with van der Waals surface area (Å²) in [7, 11) is 0. The monoisotopic (exact) mass is 195 g/mol. The lowest BCUT2D eigenvalue weighted by molar-refractivity contribution is 1.21. The lowest BCUT2D eigenvalue weighted by atomic mass is 10.2. The zero-order valence-corrected chi connectivity index (χ0v) is 7.75. The molecule has 2 rings (SSSR count). The number of halogens is 1. The summed E-state index contributed by atoms with van der Waals surface area (Å²) >= 11 is 7.28. The Labute approximate surface area is 80.8 Å². The third-order valence-electron chi connectivity index (χ3n) is 1.58. The van der Waals surface area contributed by atoms with Gasteiger partial charge in [0.05, 0.1) is 0 Å². The van der Waals surface area contributed by atoms with Crippen LogP contribution in [0.4, 0.5) is 0 Å². The van der Waals surface area contributed by atoms with Gasteiger partial charge in [0.1, 0.15) is 0 Å². The Balaban J connectivity index is 2.28. The topological polar surface area (TPSA) is 12.0 Å². The van der Waals surface area contributed by atoms with Crippen molar-refractivity contribution in [2.75, 3.05) is 0 Å². The quantitative estimate of drug-likeness (QED) is 0.740. The van der Waals surface area contributed by atoms with Gasteiger partial charge in [-0.15, -0.1) is 0 Å². The third-order valence-corrected chi connectivity index (χ3v) is 2.40. The first kappa shape index (κ1) is 8.02. The maximum atomic E-state index is 5.76. The van der Waals surface area contributed by atoms with Crippen LogP contribution in [0.1, 0.15) is 5.56 Å². The Hall–Kier alpha value is -0.600. The fraction of sp³-hybridized carbons (Fsp3) is 0. The molecule has 0 atom stereocenters. The normalized spacial score (nSPS) is 15.6. The van der Waals surface area contributed by atoms with Gasteiger partial charge in [0.15, 0.2) is 5.88 Å². The van der Waals surface area contributed by atoms with Gasteiger partial charge in [-0.05, 0) is 23.1 Å². The first-order chi connectivity index (χ1) is 5.86. The van der Waals surface area contributed by atoms with E-state index in [0.717, 1.165) is 16.3 Å². The van der Waals surface area contributed by atoms with Gasteiger partial charge in [-0.25, -0.2) is 0 Å². The number of hydrogen-bond acceptors (Lipinski definition) is 2. The molecule has 12 heavy (non-hydrogen) atoms. The van der Waals surface area contributed by atoms with Crippen LogP contribution >= 0.6 is 23.4 Å². The smallest absolute Gasteiger partial charge is 0.161 e. The predicted octanol–water partition coefficient (Wildman–Crippen LogP) is 2.97. The van der Waals surface area contributed by atoms with Gasteiger partial charge in [0.25, 0.3) is 0 Å². The van der Waals surface area contributed by atoms with Crippen LogP contribution in [0.5, 0.6) is 0 Å². The Morgan fingerprint density at radius 3 is 2.58 bits per heavy atom. The predicted molar refractivity (Wildman–Crippen MR) is 53.4 cm³/mol. The van der Waals surface area contributed by atoms with Gasteiger partial charge < -0.3 is 5.32 Å². The van der Waals surface area contributed by atoms with Crippen LogP contribution < -0.4 is 5.32 Å². The highest BCUT2D eigenvalue weighted by molar-refractivity contribution is 8.04. The van der Waals surface area contributed by atoms with E-state index in [1.54, 1.807) is 0 Å². The van der Waals surface area contributed by atoms with E-state index in [-0.39, 0.29) is 0 Å². The summed E-state index contributed by atoms with van der Waals surface area (Å²) in [6, 6.07) is 7.72. The fourth-order valence-electron chi connectivity index (χ4n) is 0.972. The van der Waals surface area contributed by atoms with E-state index < -0.39 is 0 Å². The molecule has 1 N–H and O–H groups in total. The standard InChI is InChI=1S/C9H6ClNS/c10-8-3-1-7(2-4-8)9-5-12-6-11-9/h1-5,11H. The number of hydrogen-bond donors (Lipinski definition) is 1. The van der Waals surface area contributed by atoms with Crippen molar-refractivity contribution in [1.29, 1.82) is 0 Å². The van der Waals surface area contributed by atoms with Gasteiger partial charge in [-0.2, -0.15) is 0 Å². The van der Waals surface area contributed by atoms with Crippen LogP contribution in [-0.4, -0.2) is 0 Å². The summed E-state index contributed by atoms with van der Waals surface area (Å²) in [5, 5.41) is 5.80. The molecule has 0 aliphatic carbocycles. The van der Waals surface area contributed by atoms with Gasteiger partial charge in [-0.1, -0.05) is 35.5 Å². The van der Waals surface area contributed by atoms with Crippen LogP contribution in [0, 0.1) is 5.88 Å². The Kier molecular flexibility index (Phi) is 2.28. The molecule has 3 heteroatoms. The molecule has 2 radical (unpaired) electrons. The number of nitrogens with one attached hydrogen (secondary N) is 1. The molecule has 0 saturated carbocycles. The van der Waals surface area contributed by atoms with Crippen molar-refractivity contribution in [3.8, 4) is 0 Å². The van der Waals surface area contributed by atoms with Crippen molar-refractivity contribution in [1.82, 2.24) is 5.32 Å². The molecular formula is C9H6ClNS. The largest absolute Gasteiger partial charge is 0.364 e. The van der Waals surface area contributed by atoms with E-state index in [9.17, 15) is 0 Å². The molecule has 1 nitrogen and oxygen atoms in total. The van der Waals surface area contributed by atoms with Crippen molar-refractivity contribution >= 4 is 29.1 Å². The molecule has 1 aliphatic heterocycles. The third kappa shape index (κ3) is 1.59. The minimum Gasteiger partial charge on any atom is -0.364 e. The van der Waals surface area contributed by atoms with E-state index in [1.165, 1.54) is 11.8 Å². The Morgan fingerprint density at radius 1 is 1.25 bits per heavy atom. The van der Waals surface area contributed by atoms with E-state index in [1.807, 2.05) is 29.7 Å². The molecule has 0 aromatic heterocycles.